The van der Waals surface area contributed by atoms with Gasteiger partial charge in [0.15, 0.2) is 0 Å². The van der Waals surface area contributed by atoms with Crippen LogP contribution in [0.5, 0.6) is 0 Å². The van der Waals surface area contributed by atoms with E-state index in [4.69, 9.17) is 0 Å². The normalized spacial score (nSPS) is 18.6. The summed E-state index contributed by atoms with van der Waals surface area (Å²) in [7, 11) is 3.86. The molecule has 0 bridgehead atoms. The summed E-state index contributed by atoms with van der Waals surface area (Å²) in [5.41, 5.74) is 4.39. The maximum absolute atomic E-state index is 13.2. The molecule has 2 aromatic carbocycles. The molecule has 2 aromatic rings. The third kappa shape index (κ3) is 4.49. The van der Waals surface area contributed by atoms with Crippen LogP contribution in [0.3, 0.4) is 0 Å². The molecule has 1 saturated heterocycles. The van der Waals surface area contributed by atoms with E-state index >= 15 is 0 Å². The molecule has 1 aliphatic heterocycles. The number of aliphatic hydroxyl groups excluding tert-OH is 1. The van der Waals surface area contributed by atoms with Gasteiger partial charge >= 0.3 is 0 Å². The predicted molar refractivity (Wildman–Crippen MR) is 129 cm³/mol. The lowest BCUT2D eigenvalue weighted by molar-refractivity contribution is -0.140. The summed E-state index contributed by atoms with van der Waals surface area (Å²) < 4.78 is 0. The van der Waals surface area contributed by atoms with Crippen LogP contribution in [0.4, 0.5) is 0 Å². The second-order valence-corrected chi connectivity index (χ2v) is 9.93. The van der Waals surface area contributed by atoms with Crippen molar-refractivity contribution < 1.29 is 14.7 Å². The number of carbonyl (C=O) groups is 2. The SMILES string of the molecule is Cc1ccc(C(C)(C)C)cc1/C(O)=C1\C(=O)C(=O)N(CCN(C)C)C1c1ccccc1C. The minimum atomic E-state index is -0.630. The number of hydrogen-bond acceptors (Lipinski definition) is 4. The van der Waals surface area contributed by atoms with Gasteiger partial charge in [-0.05, 0) is 61.7 Å². The second kappa shape index (κ2) is 8.91. The number of amides is 1. The number of nitrogens with zero attached hydrogens (tertiary/aromatic N) is 2. The van der Waals surface area contributed by atoms with Crippen LogP contribution in [0, 0.1) is 13.8 Å². The van der Waals surface area contributed by atoms with Crippen molar-refractivity contribution in [2.24, 2.45) is 0 Å². The monoisotopic (exact) mass is 434 g/mol. The maximum Gasteiger partial charge on any atom is 0.295 e. The fourth-order valence-corrected chi connectivity index (χ4v) is 4.12. The molecule has 32 heavy (non-hydrogen) atoms. The van der Waals surface area contributed by atoms with Crippen molar-refractivity contribution in [2.75, 3.05) is 27.2 Å². The highest BCUT2D eigenvalue weighted by Gasteiger charge is 2.46. The highest BCUT2D eigenvalue weighted by Crippen LogP contribution is 2.41. The summed E-state index contributed by atoms with van der Waals surface area (Å²) in [6.07, 6.45) is 0. The number of rotatable bonds is 5. The van der Waals surface area contributed by atoms with Crippen molar-refractivity contribution in [2.45, 2.75) is 46.1 Å². The summed E-state index contributed by atoms with van der Waals surface area (Å²) in [5, 5.41) is 11.5. The molecule has 0 aromatic heterocycles. The van der Waals surface area contributed by atoms with Crippen LogP contribution in [0.25, 0.3) is 5.76 Å². The highest BCUT2D eigenvalue weighted by molar-refractivity contribution is 6.46. The topological polar surface area (TPSA) is 60.9 Å². The number of likely N-dealkylation sites (tertiary alicyclic amines) is 1. The molecule has 5 nitrogen and oxygen atoms in total. The molecule has 1 aliphatic rings. The molecule has 1 fully saturated rings. The van der Waals surface area contributed by atoms with Gasteiger partial charge in [-0.2, -0.15) is 0 Å². The highest BCUT2D eigenvalue weighted by atomic mass is 16.3. The van der Waals surface area contributed by atoms with E-state index in [0.29, 0.717) is 18.7 Å². The van der Waals surface area contributed by atoms with Crippen LogP contribution in [0.15, 0.2) is 48.0 Å². The van der Waals surface area contributed by atoms with Gasteiger partial charge in [0.2, 0.25) is 0 Å². The Labute approximate surface area is 191 Å². The Hall–Kier alpha value is -2.92. The smallest absolute Gasteiger partial charge is 0.295 e. The Bertz CT molecular complexity index is 1080. The molecule has 0 saturated carbocycles. The average Bonchev–Trinajstić information content (AvgIpc) is 2.96. The number of aryl methyl sites for hydroxylation is 2. The molecule has 1 amide bonds. The standard InChI is InChI=1S/C27H34N2O3/c1-17-10-8-9-11-20(17)23-22(25(31)26(32)29(23)15-14-28(6)7)24(30)21-16-19(27(3,4)5)13-12-18(21)2/h8-13,16,23,30H,14-15H2,1-7H3/b24-22+. The zero-order valence-corrected chi connectivity index (χ0v) is 20.2. The molecule has 0 radical (unpaired) electrons. The second-order valence-electron chi connectivity index (χ2n) is 9.93. The van der Waals surface area contributed by atoms with E-state index in [1.54, 1.807) is 4.90 Å². The van der Waals surface area contributed by atoms with Gasteiger partial charge in [0.05, 0.1) is 11.6 Å². The Morgan fingerprint density at radius 1 is 1.03 bits per heavy atom. The first-order valence-electron chi connectivity index (χ1n) is 11.0. The van der Waals surface area contributed by atoms with E-state index < -0.39 is 17.7 Å². The molecule has 5 heteroatoms. The van der Waals surface area contributed by atoms with E-state index in [-0.39, 0.29) is 16.7 Å². The Kier molecular flexibility index (Phi) is 6.61. The van der Waals surface area contributed by atoms with Gasteiger partial charge in [-0.1, -0.05) is 57.2 Å². The van der Waals surface area contributed by atoms with E-state index in [1.807, 2.05) is 75.3 Å². The Balaban J connectivity index is 2.24. The van der Waals surface area contributed by atoms with Crippen LogP contribution in [-0.2, 0) is 15.0 Å². The fourth-order valence-electron chi connectivity index (χ4n) is 4.12. The van der Waals surface area contributed by atoms with Crippen LogP contribution < -0.4 is 0 Å². The number of hydrogen-bond donors (Lipinski definition) is 1. The van der Waals surface area contributed by atoms with E-state index in [0.717, 1.165) is 22.3 Å². The molecule has 1 unspecified atom stereocenters. The number of benzene rings is 2. The zero-order valence-electron chi connectivity index (χ0n) is 20.2. The van der Waals surface area contributed by atoms with Crippen molar-refractivity contribution in [1.82, 2.24) is 9.80 Å². The van der Waals surface area contributed by atoms with Gasteiger partial charge in [-0.15, -0.1) is 0 Å². The third-order valence-electron chi connectivity index (χ3n) is 6.17. The van der Waals surface area contributed by atoms with Crippen molar-refractivity contribution in [1.29, 1.82) is 0 Å². The number of likely N-dealkylation sites (N-methyl/N-ethyl adjacent to an activating group) is 1. The fraction of sp³-hybridized carbons (Fsp3) is 0.407. The molecule has 0 spiro atoms. The van der Waals surface area contributed by atoms with E-state index in [1.165, 1.54) is 0 Å². The van der Waals surface area contributed by atoms with Crippen LogP contribution in [0.2, 0.25) is 0 Å². The first kappa shape index (κ1) is 23.7. The number of ketones is 1. The minimum Gasteiger partial charge on any atom is -0.507 e. The van der Waals surface area contributed by atoms with Crippen molar-refractivity contribution in [3.05, 3.63) is 75.9 Å². The van der Waals surface area contributed by atoms with Crippen molar-refractivity contribution >= 4 is 17.4 Å². The number of aliphatic hydroxyl groups is 1. The first-order valence-corrected chi connectivity index (χ1v) is 11.0. The molecule has 1 atom stereocenters. The van der Waals surface area contributed by atoms with Crippen LogP contribution in [0.1, 0.15) is 54.6 Å². The van der Waals surface area contributed by atoms with Crippen LogP contribution in [-0.4, -0.2) is 53.8 Å². The summed E-state index contributed by atoms with van der Waals surface area (Å²) >= 11 is 0. The Morgan fingerprint density at radius 3 is 2.28 bits per heavy atom. The lowest BCUT2D eigenvalue weighted by atomic mass is 9.84. The molecular formula is C27H34N2O3. The average molecular weight is 435 g/mol. The lowest BCUT2D eigenvalue weighted by Crippen LogP contribution is -2.35. The largest absolute Gasteiger partial charge is 0.507 e. The summed E-state index contributed by atoms with van der Waals surface area (Å²) in [4.78, 5) is 29.9. The Morgan fingerprint density at radius 2 is 1.69 bits per heavy atom. The van der Waals surface area contributed by atoms with Crippen LogP contribution >= 0.6 is 0 Å². The number of carbonyl (C=O) groups excluding carboxylic acids is 2. The van der Waals surface area contributed by atoms with Gasteiger partial charge in [0.25, 0.3) is 11.7 Å². The minimum absolute atomic E-state index is 0.104. The molecule has 0 aliphatic carbocycles. The van der Waals surface area contributed by atoms with Gasteiger partial charge < -0.3 is 14.9 Å². The molecule has 3 rings (SSSR count). The molecule has 1 N–H and O–H groups in total. The summed E-state index contributed by atoms with van der Waals surface area (Å²) in [6.45, 7) is 11.2. The molecular weight excluding hydrogens is 400 g/mol. The van der Waals surface area contributed by atoms with Crippen molar-refractivity contribution in [3.63, 3.8) is 0 Å². The van der Waals surface area contributed by atoms with Gasteiger partial charge in [-0.25, -0.2) is 0 Å². The molecule has 170 valence electrons. The molecule has 1 heterocycles. The third-order valence-corrected chi connectivity index (χ3v) is 6.17. The van der Waals surface area contributed by atoms with E-state index in [9.17, 15) is 14.7 Å². The number of Topliss-reactive ketones (excluding diaryl/α,β-unsaturated/α-hetero) is 1. The quantitative estimate of drug-likeness (QED) is 0.425. The van der Waals surface area contributed by atoms with Gasteiger partial charge in [0.1, 0.15) is 5.76 Å². The predicted octanol–water partition coefficient (Wildman–Crippen LogP) is 4.58. The van der Waals surface area contributed by atoms with Gasteiger partial charge in [-0.3, -0.25) is 9.59 Å². The summed E-state index contributed by atoms with van der Waals surface area (Å²) in [6, 6.07) is 13.1. The maximum atomic E-state index is 13.2. The van der Waals surface area contributed by atoms with E-state index in [2.05, 4.69) is 20.8 Å². The van der Waals surface area contributed by atoms with Gasteiger partial charge in [0, 0.05) is 18.7 Å². The summed E-state index contributed by atoms with van der Waals surface area (Å²) in [5.74, 6) is -1.30. The first-order chi connectivity index (χ1) is 14.9. The van der Waals surface area contributed by atoms with Crippen molar-refractivity contribution in [3.8, 4) is 0 Å². The zero-order chi connectivity index (χ0) is 23.8. The lowest BCUT2D eigenvalue weighted by Gasteiger charge is -2.28.